The summed E-state index contributed by atoms with van der Waals surface area (Å²) in [6, 6.07) is 18.4. The lowest BCUT2D eigenvalue weighted by atomic mass is 9.73. The first-order valence-corrected chi connectivity index (χ1v) is 12.2. The standard InChI is InChI=1S/C31H26O6/c1-4-35-31(34)27-19(3)15-25-29(28(27)21-8-6-5-7-9-21)30(33)26(37-25)16-22-11-13-24(36-22)23-12-10-20(17-32)14-18(23)2/h5-17,28-29H,4H2,1-3H3/b26-16-. The smallest absolute Gasteiger partial charge is 0.334 e. The van der Waals surface area contributed by atoms with Crippen LogP contribution < -0.4 is 0 Å². The fourth-order valence-corrected chi connectivity index (χ4v) is 5.02. The summed E-state index contributed by atoms with van der Waals surface area (Å²) >= 11 is 0. The lowest BCUT2D eigenvalue weighted by Crippen LogP contribution is -2.28. The van der Waals surface area contributed by atoms with Gasteiger partial charge in [0, 0.05) is 28.7 Å². The molecule has 2 unspecified atom stereocenters. The maximum Gasteiger partial charge on any atom is 0.334 e. The summed E-state index contributed by atoms with van der Waals surface area (Å²) in [4.78, 5) is 37.7. The Kier molecular flexibility index (Phi) is 6.49. The summed E-state index contributed by atoms with van der Waals surface area (Å²) in [6.45, 7) is 5.74. The summed E-state index contributed by atoms with van der Waals surface area (Å²) in [5, 5.41) is 0. The number of hydrogen-bond acceptors (Lipinski definition) is 6. The Labute approximate surface area is 214 Å². The minimum absolute atomic E-state index is 0.156. The number of Topliss-reactive ketones (excluding diaryl/α,β-unsaturated/α-hetero) is 1. The van der Waals surface area contributed by atoms with Crippen molar-refractivity contribution < 1.29 is 28.3 Å². The number of carbonyl (C=O) groups excluding carboxylic acids is 3. The Hall–Kier alpha value is -4.45. The van der Waals surface area contributed by atoms with E-state index >= 15 is 0 Å². The molecule has 1 aliphatic carbocycles. The van der Waals surface area contributed by atoms with Crippen LogP contribution in [0.5, 0.6) is 0 Å². The maximum atomic E-state index is 13.7. The number of aldehydes is 1. The highest BCUT2D eigenvalue weighted by atomic mass is 16.5. The number of benzene rings is 2. The number of carbonyl (C=O) groups is 3. The second kappa shape index (κ2) is 9.90. The highest BCUT2D eigenvalue weighted by molar-refractivity contribution is 6.06. The third kappa shape index (κ3) is 4.47. The normalized spacial score (nSPS) is 19.9. The highest BCUT2D eigenvalue weighted by Gasteiger charge is 2.48. The molecule has 2 aromatic carbocycles. The zero-order chi connectivity index (χ0) is 26.1. The molecule has 37 heavy (non-hydrogen) atoms. The second-order valence-corrected chi connectivity index (χ2v) is 9.10. The van der Waals surface area contributed by atoms with E-state index in [9.17, 15) is 14.4 Å². The van der Waals surface area contributed by atoms with Crippen molar-refractivity contribution in [2.45, 2.75) is 26.7 Å². The molecule has 2 aliphatic rings. The summed E-state index contributed by atoms with van der Waals surface area (Å²) < 4.78 is 17.4. The number of esters is 1. The van der Waals surface area contributed by atoms with Gasteiger partial charge in [-0.15, -0.1) is 0 Å². The molecule has 0 saturated carbocycles. The Morgan fingerprint density at radius 1 is 1.03 bits per heavy atom. The van der Waals surface area contributed by atoms with Crippen LogP contribution in [-0.4, -0.2) is 24.6 Å². The van der Waals surface area contributed by atoms with E-state index in [2.05, 4.69) is 0 Å². The number of rotatable bonds is 6. The van der Waals surface area contributed by atoms with E-state index in [1.54, 1.807) is 37.3 Å². The maximum absolute atomic E-state index is 13.7. The molecule has 1 fully saturated rings. The van der Waals surface area contributed by atoms with Crippen LogP contribution in [0.3, 0.4) is 0 Å². The molecule has 186 valence electrons. The minimum Gasteiger partial charge on any atom is -0.463 e. The lowest BCUT2D eigenvalue weighted by Gasteiger charge is -2.28. The van der Waals surface area contributed by atoms with Gasteiger partial charge in [-0.25, -0.2) is 4.79 Å². The molecule has 2 atom stereocenters. The van der Waals surface area contributed by atoms with Gasteiger partial charge in [0.25, 0.3) is 0 Å². The van der Waals surface area contributed by atoms with Crippen molar-refractivity contribution >= 4 is 24.1 Å². The van der Waals surface area contributed by atoms with Crippen LogP contribution >= 0.6 is 0 Å². The minimum atomic E-state index is -0.677. The largest absolute Gasteiger partial charge is 0.463 e. The van der Waals surface area contributed by atoms with Gasteiger partial charge < -0.3 is 13.9 Å². The predicted octanol–water partition coefficient (Wildman–Crippen LogP) is 6.18. The fraction of sp³-hybridized carbons (Fsp3) is 0.194. The number of ether oxygens (including phenoxy) is 2. The summed E-state index contributed by atoms with van der Waals surface area (Å²) in [5.41, 5.74) is 4.37. The molecule has 0 spiro atoms. The molecule has 0 N–H and O–H groups in total. The third-order valence-electron chi connectivity index (χ3n) is 6.69. The number of furan rings is 1. The molecule has 5 rings (SSSR count). The van der Waals surface area contributed by atoms with Gasteiger partial charge in [-0.3, -0.25) is 9.59 Å². The number of ketones is 1. The number of fused-ring (bicyclic) bond motifs is 1. The molecule has 3 aromatic rings. The van der Waals surface area contributed by atoms with E-state index in [4.69, 9.17) is 13.9 Å². The Morgan fingerprint density at radius 3 is 2.51 bits per heavy atom. The molecule has 0 radical (unpaired) electrons. The van der Waals surface area contributed by atoms with Crippen LogP contribution in [0.25, 0.3) is 17.4 Å². The summed E-state index contributed by atoms with van der Waals surface area (Å²) in [7, 11) is 0. The molecule has 6 nitrogen and oxygen atoms in total. The van der Waals surface area contributed by atoms with Crippen LogP contribution in [0, 0.1) is 12.8 Å². The van der Waals surface area contributed by atoms with E-state index < -0.39 is 17.8 Å². The molecule has 1 aromatic heterocycles. The van der Waals surface area contributed by atoms with E-state index in [0.29, 0.717) is 34.0 Å². The average molecular weight is 495 g/mol. The van der Waals surface area contributed by atoms with Crippen molar-refractivity contribution in [1.29, 1.82) is 0 Å². The van der Waals surface area contributed by atoms with Crippen molar-refractivity contribution in [3.05, 3.63) is 112 Å². The summed E-state index contributed by atoms with van der Waals surface area (Å²) in [5.74, 6) is -0.114. The van der Waals surface area contributed by atoms with Gasteiger partial charge in [0.15, 0.2) is 5.76 Å². The first-order valence-electron chi connectivity index (χ1n) is 12.2. The molecule has 1 aliphatic heterocycles. The van der Waals surface area contributed by atoms with Gasteiger partial charge in [-0.2, -0.15) is 0 Å². The zero-order valence-electron chi connectivity index (χ0n) is 20.8. The van der Waals surface area contributed by atoms with E-state index in [1.807, 2.05) is 56.3 Å². The molecule has 0 bridgehead atoms. The number of hydrogen-bond donors (Lipinski definition) is 0. The zero-order valence-corrected chi connectivity index (χ0v) is 20.8. The van der Waals surface area contributed by atoms with Crippen LogP contribution in [0.2, 0.25) is 0 Å². The SMILES string of the molecule is CCOC(=O)C1=C(C)C=C2O/C(=C\c3ccc(-c4ccc(C=O)cc4C)o3)C(=O)C2C1c1ccccc1. The van der Waals surface area contributed by atoms with Gasteiger partial charge >= 0.3 is 5.97 Å². The van der Waals surface area contributed by atoms with Crippen LogP contribution in [0.15, 0.2) is 93.8 Å². The second-order valence-electron chi connectivity index (χ2n) is 9.10. The highest BCUT2D eigenvalue weighted by Crippen LogP contribution is 2.48. The Morgan fingerprint density at radius 2 is 1.81 bits per heavy atom. The van der Waals surface area contributed by atoms with Gasteiger partial charge in [-0.1, -0.05) is 42.5 Å². The van der Waals surface area contributed by atoms with E-state index in [0.717, 1.165) is 23.0 Å². The van der Waals surface area contributed by atoms with Gasteiger partial charge in [0.1, 0.15) is 23.6 Å². The van der Waals surface area contributed by atoms with Gasteiger partial charge in [0.05, 0.1) is 12.5 Å². The van der Waals surface area contributed by atoms with Gasteiger partial charge in [-0.05, 0) is 61.7 Å². The van der Waals surface area contributed by atoms with Crippen molar-refractivity contribution in [2.75, 3.05) is 6.61 Å². The van der Waals surface area contributed by atoms with E-state index in [1.165, 1.54) is 0 Å². The first-order chi connectivity index (χ1) is 17.9. The van der Waals surface area contributed by atoms with Crippen molar-refractivity contribution in [3.63, 3.8) is 0 Å². The van der Waals surface area contributed by atoms with Crippen LogP contribution in [0.1, 0.15) is 47.0 Å². The van der Waals surface area contributed by atoms with E-state index in [-0.39, 0.29) is 18.1 Å². The number of aryl methyl sites for hydroxylation is 1. The molecule has 0 amide bonds. The average Bonchev–Trinajstić information content (AvgIpc) is 3.48. The lowest BCUT2D eigenvalue weighted by molar-refractivity contribution is -0.139. The number of allylic oxidation sites excluding steroid dienone is 4. The van der Waals surface area contributed by atoms with Crippen molar-refractivity contribution in [2.24, 2.45) is 5.92 Å². The quantitative estimate of drug-likeness (QED) is 0.231. The Bertz CT molecular complexity index is 1480. The monoisotopic (exact) mass is 494 g/mol. The fourth-order valence-electron chi connectivity index (χ4n) is 5.02. The topological polar surface area (TPSA) is 82.8 Å². The third-order valence-corrected chi connectivity index (χ3v) is 6.69. The molecular weight excluding hydrogens is 468 g/mol. The molecular formula is C31H26O6. The van der Waals surface area contributed by atoms with Crippen molar-refractivity contribution in [1.82, 2.24) is 0 Å². The first kappa shape index (κ1) is 24.3. The van der Waals surface area contributed by atoms with Crippen LogP contribution in [0.4, 0.5) is 0 Å². The molecule has 1 saturated heterocycles. The summed E-state index contributed by atoms with van der Waals surface area (Å²) in [6.07, 6.45) is 4.14. The molecule has 6 heteroatoms. The van der Waals surface area contributed by atoms with Crippen LogP contribution in [-0.2, 0) is 19.1 Å². The predicted molar refractivity (Wildman–Crippen MR) is 138 cm³/mol. The Balaban J connectivity index is 1.50. The van der Waals surface area contributed by atoms with Gasteiger partial charge in [0.2, 0.25) is 5.78 Å². The molecule has 2 heterocycles. The van der Waals surface area contributed by atoms with Crippen molar-refractivity contribution in [3.8, 4) is 11.3 Å².